The van der Waals surface area contributed by atoms with Crippen molar-refractivity contribution in [3.05, 3.63) is 33.8 Å². The minimum absolute atomic E-state index is 0.428. The van der Waals surface area contributed by atoms with E-state index < -0.39 is 0 Å². The number of aryl methyl sites for hydroxylation is 2. The smallest absolute Gasteiger partial charge is 0.0456 e. The van der Waals surface area contributed by atoms with Gasteiger partial charge in [0.25, 0.3) is 0 Å². The molecule has 0 radical (unpaired) electrons. The fourth-order valence-electron chi connectivity index (χ4n) is 3.26. The van der Waals surface area contributed by atoms with Gasteiger partial charge in [-0.1, -0.05) is 43.9 Å². The lowest BCUT2D eigenvalue weighted by Crippen LogP contribution is -2.30. The van der Waals surface area contributed by atoms with Crippen LogP contribution in [0.3, 0.4) is 0 Å². The highest BCUT2D eigenvalue weighted by atomic mass is 35.5. The third-order valence-electron chi connectivity index (χ3n) is 4.49. The van der Waals surface area contributed by atoms with Crippen LogP contribution >= 0.6 is 11.6 Å². The Balaban J connectivity index is 2.29. The summed E-state index contributed by atoms with van der Waals surface area (Å²) in [4.78, 5) is 0. The summed E-state index contributed by atoms with van der Waals surface area (Å²) in [5.74, 6) is 0.744. The molecule has 19 heavy (non-hydrogen) atoms. The summed E-state index contributed by atoms with van der Waals surface area (Å²) in [6.45, 7) is 7.50. The van der Waals surface area contributed by atoms with E-state index >= 15 is 0 Å². The zero-order chi connectivity index (χ0) is 13.8. The maximum atomic E-state index is 6.51. The molecule has 1 unspecified atom stereocenters. The number of rotatable bonds is 4. The maximum absolute atomic E-state index is 6.51. The van der Waals surface area contributed by atoms with Crippen LogP contribution in [0.5, 0.6) is 0 Å². The van der Waals surface area contributed by atoms with Crippen LogP contribution in [0, 0.1) is 19.8 Å². The van der Waals surface area contributed by atoms with Crippen molar-refractivity contribution in [2.45, 2.75) is 58.9 Å². The molecule has 0 aliphatic heterocycles. The Morgan fingerprint density at radius 3 is 2.42 bits per heavy atom. The molecule has 1 aliphatic rings. The molecule has 1 saturated carbocycles. The van der Waals surface area contributed by atoms with Gasteiger partial charge in [0.1, 0.15) is 0 Å². The van der Waals surface area contributed by atoms with Gasteiger partial charge in [-0.15, -0.1) is 0 Å². The van der Waals surface area contributed by atoms with Crippen LogP contribution in [0.25, 0.3) is 0 Å². The number of hydrogen-bond donors (Lipinski definition) is 1. The van der Waals surface area contributed by atoms with Gasteiger partial charge in [0, 0.05) is 11.1 Å². The molecule has 0 amide bonds. The molecular formula is C17H26ClN. The SMILES string of the molecule is CCNC(c1cc(C)c(C)cc1Cl)C1CCCCC1. The van der Waals surface area contributed by atoms with Crippen LogP contribution in [-0.4, -0.2) is 6.54 Å². The first kappa shape index (κ1) is 14.9. The van der Waals surface area contributed by atoms with E-state index in [-0.39, 0.29) is 0 Å². The Morgan fingerprint density at radius 2 is 1.79 bits per heavy atom. The van der Waals surface area contributed by atoms with Gasteiger partial charge in [-0.2, -0.15) is 0 Å². The van der Waals surface area contributed by atoms with Crippen molar-refractivity contribution in [1.29, 1.82) is 0 Å². The lowest BCUT2D eigenvalue weighted by Gasteiger charge is -2.32. The average Bonchev–Trinajstić information content (AvgIpc) is 2.42. The second-order valence-electron chi connectivity index (χ2n) is 5.89. The first-order chi connectivity index (χ1) is 9.13. The zero-order valence-corrected chi connectivity index (χ0v) is 13.2. The predicted octanol–water partition coefficient (Wildman–Crippen LogP) is 5.19. The molecule has 0 bridgehead atoms. The monoisotopic (exact) mass is 279 g/mol. The quantitative estimate of drug-likeness (QED) is 0.800. The molecule has 1 fully saturated rings. The van der Waals surface area contributed by atoms with Gasteiger partial charge >= 0.3 is 0 Å². The van der Waals surface area contributed by atoms with E-state index in [9.17, 15) is 0 Å². The van der Waals surface area contributed by atoms with Crippen molar-refractivity contribution in [1.82, 2.24) is 5.32 Å². The maximum Gasteiger partial charge on any atom is 0.0456 e. The van der Waals surface area contributed by atoms with Crippen molar-refractivity contribution in [2.24, 2.45) is 5.92 Å². The van der Waals surface area contributed by atoms with Gasteiger partial charge < -0.3 is 5.32 Å². The van der Waals surface area contributed by atoms with Crippen LogP contribution in [0.1, 0.15) is 61.8 Å². The second kappa shape index (κ2) is 6.76. The number of benzene rings is 1. The van der Waals surface area contributed by atoms with Crippen molar-refractivity contribution >= 4 is 11.6 Å². The molecule has 2 heteroatoms. The summed E-state index contributed by atoms with van der Waals surface area (Å²) in [7, 11) is 0. The highest BCUT2D eigenvalue weighted by Gasteiger charge is 2.26. The summed E-state index contributed by atoms with van der Waals surface area (Å²) in [6, 6.07) is 4.84. The molecule has 1 aromatic carbocycles. The lowest BCUT2D eigenvalue weighted by molar-refractivity contribution is 0.274. The average molecular weight is 280 g/mol. The molecule has 1 aliphatic carbocycles. The highest BCUT2D eigenvalue weighted by Crippen LogP contribution is 2.37. The van der Waals surface area contributed by atoms with E-state index in [1.165, 1.54) is 48.8 Å². The predicted molar refractivity (Wildman–Crippen MR) is 83.9 cm³/mol. The summed E-state index contributed by atoms with van der Waals surface area (Å²) in [5.41, 5.74) is 3.93. The minimum atomic E-state index is 0.428. The van der Waals surface area contributed by atoms with E-state index in [1.54, 1.807) is 0 Å². The molecule has 2 rings (SSSR count). The summed E-state index contributed by atoms with van der Waals surface area (Å²) in [5, 5.41) is 4.60. The Bertz CT molecular complexity index is 422. The van der Waals surface area contributed by atoms with Crippen molar-refractivity contribution in [3.8, 4) is 0 Å². The van der Waals surface area contributed by atoms with Crippen LogP contribution in [-0.2, 0) is 0 Å². The van der Waals surface area contributed by atoms with Gasteiger partial charge in [-0.3, -0.25) is 0 Å². The van der Waals surface area contributed by atoms with Crippen LogP contribution < -0.4 is 5.32 Å². The Kier molecular flexibility index (Phi) is 5.29. The number of nitrogens with one attached hydrogen (secondary N) is 1. The van der Waals surface area contributed by atoms with Gasteiger partial charge in [-0.05, 0) is 61.9 Å². The summed E-state index contributed by atoms with van der Waals surface area (Å²) < 4.78 is 0. The van der Waals surface area contributed by atoms with Gasteiger partial charge in [0.2, 0.25) is 0 Å². The van der Waals surface area contributed by atoms with E-state index in [1.807, 2.05) is 0 Å². The summed E-state index contributed by atoms with van der Waals surface area (Å²) in [6.07, 6.45) is 6.81. The minimum Gasteiger partial charge on any atom is -0.310 e. The summed E-state index contributed by atoms with van der Waals surface area (Å²) >= 11 is 6.51. The zero-order valence-electron chi connectivity index (χ0n) is 12.4. The third-order valence-corrected chi connectivity index (χ3v) is 4.82. The molecule has 106 valence electrons. The van der Waals surface area contributed by atoms with Crippen molar-refractivity contribution in [3.63, 3.8) is 0 Å². The van der Waals surface area contributed by atoms with Gasteiger partial charge in [0.15, 0.2) is 0 Å². The molecule has 0 spiro atoms. The van der Waals surface area contributed by atoms with E-state index in [2.05, 4.69) is 38.2 Å². The number of halogens is 1. The molecule has 1 nitrogen and oxygen atoms in total. The van der Waals surface area contributed by atoms with Gasteiger partial charge in [0.05, 0.1) is 0 Å². The Labute approximate surface area is 122 Å². The molecular weight excluding hydrogens is 254 g/mol. The molecule has 0 aromatic heterocycles. The largest absolute Gasteiger partial charge is 0.310 e. The Hall–Kier alpha value is -0.530. The fraction of sp³-hybridized carbons (Fsp3) is 0.647. The van der Waals surface area contributed by atoms with Crippen LogP contribution in [0.4, 0.5) is 0 Å². The van der Waals surface area contributed by atoms with Crippen LogP contribution in [0.2, 0.25) is 5.02 Å². The second-order valence-corrected chi connectivity index (χ2v) is 6.30. The first-order valence-electron chi connectivity index (χ1n) is 7.63. The molecule has 1 aromatic rings. The highest BCUT2D eigenvalue weighted by molar-refractivity contribution is 6.31. The van der Waals surface area contributed by atoms with Crippen molar-refractivity contribution in [2.75, 3.05) is 6.54 Å². The standard InChI is InChI=1S/C17H26ClN/c1-4-19-17(14-8-6-5-7-9-14)15-10-12(2)13(3)11-16(15)18/h10-11,14,17,19H,4-9H2,1-3H3. The fourth-order valence-corrected chi connectivity index (χ4v) is 3.60. The first-order valence-corrected chi connectivity index (χ1v) is 8.01. The van der Waals surface area contributed by atoms with E-state index in [0.717, 1.165) is 17.5 Å². The normalized spacial score (nSPS) is 18.5. The van der Waals surface area contributed by atoms with Crippen LogP contribution in [0.15, 0.2) is 12.1 Å². The lowest BCUT2D eigenvalue weighted by atomic mass is 9.80. The molecule has 0 saturated heterocycles. The topological polar surface area (TPSA) is 12.0 Å². The third kappa shape index (κ3) is 3.52. The molecule has 1 atom stereocenters. The van der Waals surface area contributed by atoms with Crippen molar-refractivity contribution < 1.29 is 0 Å². The molecule has 0 heterocycles. The molecule has 1 N–H and O–H groups in total. The Morgan fingerprint density at radius 1 is 1.16 bits per heavy atom. The van der Waals surface area contributed by atoms with E-state index in [0.29, 0.717) is 6.04 Å². The van der Waals surface area contributed by atoms with Gasteiger partial charge in [-0.25, -0.2) is 0 Å². The van der Waals surface area contributed by atoms with E-state index in [4.69, 9.17) is 11.6 Å². The number of hydrogen-bond acceptors (Lipinski definition) is 1.